The molecular formula is C26H38BN5O4. The van der Waals surface area contributed by atoms with Crippen molar-refractivity contribution in [2.24, 2.45) is 5.92 Å². The van der Waals surface area contributed by atoms with Crippen LogP contribution in [-0.2, 0) is 20.5 Å². The summed E-state index contributed by atoms with van der Waals surface area (Å²) in [6, 6.07) is 8.81. The van der Waals surface area contributed by atoms with Crippen molar-refractivity contribution in [3.05, 3.63) is 60.2 Å². The number of hydrogen-bond acceptors (Lipinski definition) is 7. The molecular weight excluding hydrogens is 457 g/mol. The van der Waals surface area contributed by atoms with Gasteiger partial charge in [0.25, 0.3) is 5.91 Å². The Kier molecular flexibility index (Phi) is 11.3. The fourth-order valence-electron chi connectivity index (χ4n) is 4.20. The second-order valence-electron chi connectivity index (χ2n) is 9.67. The molecule has 1 aliphatic heterocycles. The second kappa shape index (κ2) is 14.7. The van der Waals surface area contributed by atoms with Gasteiger partial charge >= 0.3 is 7.12 Å². The molecule has 2 atom stereocenters. The van der Waals surface area contributed by atoms with Gasteiger partial charge in [-0.05, 0) is 50.9 Å². The van der Waals surface area contributed by atoms with Crippen molar-refractivity contribution < 1.29 is 18.9 Å². The van der Waals surface area contributed by atoms with Crippen molar-refractivity contribution in [1.29, 1.82) is 0 Å². The number of carbonyl (C=O) groups is 2. The maximum atomic E-state index is 13.6. The van der Waals surface area contributed by atoms with Gasteiger partial charge in [-0.1, -0.05) is 44.2 Å². The van der Waals surface area contributed by atoms with Gasteiger partial charge in [0.05, 0.1) is 12.1 Å². The molecule has 10 heteroatoms. The van der Waals surface area contributed by atoms with Gasteiger partial charge in [0, 0.05) is 32.0 Å². The van der Waals surface area contributed by atoms with Crippen molar-refractivity contribution >= 4 is 18.9 Å². The number of nitrogens with one attached hydrogen (secondary N) is 2. The zero-order valence-corrected chi connectivity index (χ0v) is 21.6. The zero-order chi connectivity index (χ0) is 25.8. The minimum absolute atomic E-state index is 0.158. The second-order valence-corrected chi connectivity index (χ2v) is 9.67. The standard InChI is InChI=1S/C26H38BN5O4/c1-20(2)17-24(27-35-15-7-13-32(3)14-8-16-36-27)31-25(33)22(18-21-9-5-4-6-10-21)30-26(34)23-19-28-11-12-29-23/h4-6,9-12,19-20,22,24H,7-8,13-18H2,1-3H3,(H,30,34)(H,31,33)/t22?,24-/m0/s1. The van der Waals surface area contributed by atoms with Crippen LogP contribution in [0.25, 0.3) is 0 Å². The molecule has 1 unspecified atom stereocenters. The van der Waals surface area contributed by atoms with Crippen LogP contribution >= 0.6 is 0 Å². The van der Waals surface area contributed by atoms with Gasteiger partial charge < -0.3 is 24.8 Å². The van der Waals surface area contributed by atoms with Gasteiger partial charge in [-0.2, -0.15) is 0 Å². The lowest BCUT2D eigenvalue weighted by Gasteiger charge is -2.29. The van der Waals surface area contributed by atoms with E-state index in [1.54, 1.807) is 0 Å². The molecule has 2 aromatic rings. The van der Waals surface area contributed by atoms with Crippen LogP contribution in [-0.4, -0.2) is 79.1 Å². The fraction of sp³-hybridized carbons (Fsp3) is 0.538. The fourth-order valence-corrected chi connectivity index (χ4v) is 4.20. The molecule has 0 radical (unpaired) electrons. The normalized spacial score (nSPS) is 17.3. The molecule has 36 heavy (non-hydrogen) atoms. The Morgan fingerprint density at radius 3 is 2.36 bits per heavy atom. The highest BCUT2D eigenvalue weighted by molar-refractivity contribution is 6.47. The monoisotopic (exact) mass is 495 g/mol. The van der Waals surface area contributed by atoms with Crippen molar-refractivity contribution in [2.75, 3.05) is 33.4 Å². The highest BCUT2D eigenvalue weighted by Gasteiger charge is 2.35. The Morgan fingerprint density at radius 2 is 1.75 bits per heavy atom. The van der Waals surface area contributed by atoms with E-state index < -0.39 is 19.1 Å². The first-order chi connectivity index (χ1) is 17.4. The number of amides is 2. The average Bonchev–Trinajstić information content (AvgIpc) is 2.88. The largest absolute Gasteiger partial charge is 0.480 e. The number of carbonyl (C=O) groups excluding carboxylic acids is 2. The number of hydrogen-bond donors (Lipinski definition) is 2. The smallest absolute Gasteiger partial charge is 0.410 e. The quantitative estimate of drug-likeness (QED) is 0.514. The molecule has 0 spiro atoms. The van der Waals surface area contributed by atoms with Crippen LogP contribution in [0.3, 0.4) is 0 Å². The lowest BCUT2D eigenvalue weighted by atomic mass is 9.73. The molecule has 2 N–H and O–H groups in total. The summed E-state index contributed by atoms with van der Waals surface area (Å²) in [7, 11) is 1.55. The molecule has 1 aliphatic rings. The Bertz CT molecular complexity index is 922. The average molecular weight is 495 g/mol. The van der Waals surface area contributed by atoms with E-state index in [4.69, 9.17) is 9.31 Å². The van der Waals surface area contributed by atoms with Crippen LogP contribution in [0, 0.1) is 5.92 Å². The highest BCUT2D eigenvalue weighted by atomic mass is 16.6. The number of aromatic nitrogens is 2. The molecule has 0 bridgehead atoms. The van der Waals surface area contributed by atoms with E-state index in [0.29, 0.717) is 32.0 Å². The molecule has 1 saturated heterocycles. The zero-order valence-electron chi connectivity index (χ0n) is 21.6. The summed E-state index contributed by atoms with van der Waals surface area (Å²) >= 11 is 0. The molecule has 2 heterocycles. The van der Waals surface area contributed by atoms with E-state index in [0.717, 1.165) is 31.5 Å². The third-order valence-electron chi connectivity index (χ3n) is 6.01. The molecule has 1 aromatic carbocycles. The Labute approximate surface area is 214 Å². The van der Waals surface area contributed by atoms with Gasteiger partial charge in [-0.15, -0.1) is 0 Å². The van der Waals surface area contributed by atoms with E-state index in [9.17, 15) is 9.59 Å². The van der Waals surface area contributed by atoms with Crippen LogP contribution < -0.4 is 10.6 Å². The van der Waals surface area contributed by atoms with Crippen LogP contribution in [0.15, 0.2) is 48.9 Å². The van der Waals surface area contributed by atoms with Crippen LogP contribution in [0.2, 0.25) is 0 Å². The molecule has 3 rings (SSSR count). The Morgan fingerprint density at radius 1 is 1.06 bits per heavy atom. The lowest BCUT2D eigenvalue weighted by Crippen LogP contribution is -2.56. The molecule has 0 saturated carbocycles. The maximum absolute atomic E-state index is 13.6. The van der Waals surface area contributed by atoms with Gasteiger partial charge in [0.1, 0.15) is 11.7 Å². The molecule has 0 aliphatic carbocycles. The number of rotatable bonds is 9. The summed E-state index contributed by atoms with van der Waals surface area (Å²) in [5.41, 5.74) is 1.10. The van der Waals surface area contributed by atoms with E-state index >= 15 is 0 Å². The first-order valence-corrected chi connectivity index (χ1v) is 12.7. The summed E-state index contributed by atoms with van der Waals surface area (Å²) in [5.74, 6) is -0.771. The van der Waals surface area contributed by atoms with Gasteiger partial charge in [0.2, 0.25) is 5.91 Å². The molecule has 2 amide bonds. The van der Waals surface area contributed by atoms with E-state index in [1.807, 2.05) is 30.3 Å². The molecule has 9 nitrogen and oxygen atoms in total. The van der Waals surface area contributed by atoms with E-state index in [-0.39, 0.29) is 17.5 Å². The lowest BCUT2D eigenvalue weighted by molar-refractivity contribution is -0.123. The third-order valence-corrected chi connectivity index (χ3v) is 6.01. The van der Waals surface area contributed by atoms with Crippen molar-refractivity contribution in [3.8, 4) is 0 Å². The summed E-state index contributed by atoms with van der Waals surface area (Å²) in [6.07, 6.45) is 7.14. The first kappa shape index (κ1) is 27.8. The van der Waals surface area contributed by atoms with Gasteiger partial charge in [-0.25, -0.2) is 4.98 Å². The predicted molar refractivity (Wildman–Crippen MR) is 139 cm³/mol. The molecule has 194 valence electrons. The van der Waals surface area contributed by atoms with Crippen LogP contribution in [0.1, 0.15) is 49.2 Å². The number of nitrogens with zero attached hydrogens (tertiary/aromatic N) is 3. The molecule has 1 aromatic heterocycles. The summed E-state index contributed by atoms with van der Waals surface area (Å²) < 4.78 is 12.2. The van der Waals surface area contributed by atoms with Gasteiger partial charge in [-0.3, -0.25) is 14.6 Å². The minimum atomic E-state index is -0.801. The summed E-state index contributed by atoms with van der Waals surface area (Å²) in [5, 5.41) is 5.99. The van der Waals surface area contributed by atoms with Crippen LogP contribution in [0.4, 0.5) is 0 Å². The number of benzene rings is 1. The third kappa shape index (κ3) is 9.33. The highest BCUT2D eigenvalue weighted by Crippen LogP contribution is 2.13. The summed E-state index contributed by atoms with van der Waals surface area (Å²) in [6.45, 7) is 7.23. The Balaban J connectivity index is 1.75. The van der Waals surface area contributed by atoms with E-state index in [2.05, 4.69) is 46.4 Å². The minimum Gasteiger partial charge on any atom is -0.410 e. The predicted octanol–water partition coefficient (Wildman–Crippen LogP) is 2.13. The Hall–Kier alpha value is -2.82. The van der Waals surface area contributed by atoms with Crippen molar-refractivity contribution in [3.63, 3.8) is 0 Å². The van der Waals surface area contributed by atoms with E-state index in [1.165, 1.54) is 18.6 Å². The van der Waals surface area contributed by atoms with Crippen molar-refractivity contribution in [1.82, 2.24) is 25.5 Å². The van der Waals surface area contributed by atoms with Crippen LogP contribution in [0.5, 0.6) is 0 Å². The SMILES string of the molecule is CC(C)C[C@H](NC(=O)C(Cc1ccccc1)NC(=O)c1cnccn1)B1OCCCN(C)CCCO1. The first-order valence-electron chi connectivity index (χ1n) is 12.7. The maximum Gasteiger partial charge on any atom is 0.480 e. The molecule has 1 fully saturated rings. The summed E-state index contributed by atoms with van der Waals surface area (Å²) in [4.78, 5) is 36.7. The topological polar surface area (TPSA) is 106 Å². The van der Waals surface area contributed by atoms with Crippen molar-refractivity contribution in [2.45, 2.75) is 51.5 Å². The van der Waals surface area contributed by atoms with Gasteiger partial charge in [0.15, 0.2) is 0 Å².